The summed E-state index contributed by atoms with van der Waals surface area (Å²) in [6.45, 7) is 0. The van der Waals surface area contributed by atoms with Crippen molar-refractivity contribution in [1.29, 1.82) is 0 Å². The summed E-state index contributed by atoms with van der Waals surface area (Å²) in [5, 5.41) is 17.2. The first-order valence-corrected chi connectivity index (χ1v) is 3.50. The van der Waals surface area contributed by atoms with Gasteiger partial charge >= 0.3 is 0 Å². The molecule has 0 unspecified atom stereocenters. The van der Waals surface area contributed by atoms with Gasteiger partial charge in [0.25, 0.3) is 0 Å². The maximum absolute atomic E-state index is 11.1. The first-order valence-electron chi connectivity index (χ1n) is 3.50. The van der Waals surface area contributed by atoms with Crippen LogP contribution in [0.15, 0.2) is 23.7 Å². The van der Waals surface area contributed by atoms with Crippen molar-refractivity contribution in [3.63, 3.8) is 0 Å². The van der Waals surface area contributed by atoms with Gasteiger partial charge < -0.3 is 10.2 Å². The lowest BCUT2D eigenvalue weighted by Gasteiger charge is -2.13. The zero-order valence-corrected chi connectivity index (χ0v) is 6.08. The highest BCUT2D eigenvalue weighted by Crippen LogP contribution is 2.23. The minimum atomic E-state index is -0.235. The molecule has 3 nitrogen and oxygen atoms in total. The molecule has 0 spiro atoms. The van der Waals surface area contributed by atoms with E-state index in [9.17, 15) is 4.79 Å². The highest BCUT2D eigenvalue weighted by molar-refractivity contribution is 6.08. The van der Waals surface area contributed by atoms with Gasteiger partial charge in [-0.25, -0.2) is 0 Å². The summed E-state index contributed by atoms with van der Waals surface area (Å²) in [7, 11) is 0. The minimum Gasteiger partial charge on any atom is -0.515 e. The number of carbonyl (C=O) groups excluding carboxylic acids is 1. The summed E-state index contributed by atoms with van der Waals surface area (Å²) in [6, 6.07) is 0. The van der Waals surface area contributed by atoms with Crippen LogP contribution < -0.4 is 0 Å². The van der Waals surface area contributed by atoms with E-state index < -0.39 is 0 Å². The van der Waals surface area contributed by atoms with E-state index in [1.807, 2.05) is 0 Å². The molecule has 0 bridgehead atoms. The van der Waals surface area contributed by atoms with Crippen molar-refractivity contribution in [3.05, 3.63) is 23.7 Å². The van der Waals surface area contributed by atoms with Gasteiger partial charge in [-0.05, 0) is 19.3 Å². The van der Waals surface area contributed by atoms with E-state index in [2.05, 4.69) is 0 Å². The zero-order chi connectivity index (χ0) is 8.27. The van der Waals surface area contributed by atoms with Crippen molar-refractivity contribution in [3.8, 4) is 0 Å². The molecule has 1 aliphatic carbocycles. The second-order valence-electron chi connectivity index (χ2n) is 2.49. The third kappa shape index (κ3) is 1.42. The van der Waals surface area contributed by atoms with Crippen molar-refractivity contribution in [2.45, 2.75) is 19.3 Å². The number of allylic oxidation sites excluding steroid dienone is 2. The summed E-state index contributed by atoms with van der Waals surface area (Å²) in [5.41, 5.74) is 0.771. The molecule has 1 saturated carbocycles. The quantitative estimate of drug-likeness (QED) is 0.411. The summed E-state index contributed by atoms with van der Waals surface area (Å²) in [5.74, 6) is -0.235. The van der Waals surface area contributed by atoms with Crippen LogP contribution in [0.1, 0.15) is 19.3 Å². The smallest absolute Gasteiger partial charge is 0.191 e. The van der Waals surface area contributed by atoms with Gasteiger partial charge in [0.1, 0.15) is 0 Å². The van der Waals surface area contributed by atoms with E-state index in [-0.39, 0.29) is 5.78 Å². The van der Waals surface area contributed by atoms with Crippen LogP contribution in [-0.2, 0) is 4.79 Å². The Balaban J connectivity index is 2.84. The number of aliphatic hydroxyl groups excluding tert-OH is 2. The molecule has 1 aliphatic rings. The predicted molar refractivity (Wildman–Crippen MR) is 40.3 cm³/mol. The van der Waals surface area contributed by atoms with Gasteiger partial charge in [0.2, 0.25) is 0 Å². The fraction of sp³-hybridized carbons (Fsp3) is 0.375. The Kier molecular flexibility index (Phi) is 2.31. The number of aliphatic hydroxyl groups is 2. The largest absolute Gasteiger partial charge is 0.515 e. The molecule has 0 aromatic carbocycles. The molecular weight excluding hydrogens is 144 g/mol. The molecule has 2 N–H and O–H groups in total. The Morgan fingerprint density at radius 2 is 1.55 bits per heavy atom. The van der Waals surface area contributed by atoms with Crippen molar-refractivity contribution in [2.75, 3.05) is 0 Å². The summed E-state index contributed by atoms with van der Waals surface area (Å²) in [6.07, 6.45) is 3.67. The van der Waals surface area contributed by atoms with Gasteiger partial charge in [-0.3, -0.25) is 4.79 Å². The summed E-state index contributed by atoms with van der Waals surface area (Å²) >= 11 is 0. The van der Waals surface area contributed by atoms with E-state index in [1.54, 1.807) is 0 Å². The van der Waals surface area contributed by atoms with Crippen LogP contribution in [0.2, 0.25) is 0 Å². The third-order valence-corrected chi connectivity index (χ3v) is 1.79. The first kappa shape index (κ1) is 7.85. The fourth-order valence-electron chi connectivity index (χ4n) is 1.15. The van der Waals surface area contributed by atoms with E-state index >= 15 is 0 Å². The summed E-state index contributed by atoms with van der Waals surface area (Å²) < 4.78 is 0. The monoisotopic (exact) mass is 154 g/mol. The van der Waals surface area contributed by atoms with Gasteiger partial charge in [0.05, 0.1) is 12.5 Å². The average Bonchev–Trinajstić information content (AvgIpc) is 2.05. The number of hydrogen-bond donors (Lipinski definition) is 2. The normalized spacial score (nSPS) is 26.4. The van der Waals surface area contributed by atoms with Gasteiger partial charge in [0.15, 0.2) is 5.78 Å². The maximum atomic E-state index is 11.1. The molecule has 0 heterocycles. The predicted octanol–water partition coefficient (Wildman–Crippen LogP) is 1.62. The number of hydrogen-bond acceptors (Lipinski definition) is 3. The summed E-state index contributed by atoms with van der Waals surface area (Å²) in [4.78, 5) is 11.1. The van der Waals surface area contributed by atoms with Crippen LogP contribution in [0.25, 0.3) is 0 Å². The van der Waals surface area contributed by atoms with E-state index in [0.717, 1.165) is 18.9 Å². The molecule has 0 saturated heterocycles. The molecular formula is C8H10O3. The average molecular weight is 154 g/mol. The SMILES string of the molecule is O=C1C(=CO)CCC/C1=C\O. The zero-order valence-electron chi connectivity index (χ0n) is 6.08. The van der Waals surface area contributed by atoms with E-state index in [1.165, 1.54) is 0 Å². The molecule has 0 aliphatic heterocycles. The Morgan fingerprint density at radius 1 is 1.09 bits per heavy atom. The third-order valence-electron chi connectivity index (χ3n) is 1.79. The Morgan fingerprint density at radius 3 is 1.91 bits per heavy atom. The molecule has 0 aromatic rings. The van der Waals surface area contributed by atoms with Crippen LogP contribution in [0.5, 0.6) is 0 Å². The van der Waals surface area contributed by atoms with Crippen LogP contribution >= 0.6 is 0 Å². The first-order chi connectivity index (χ1) is 5.29. The highest BCUT2D eigenvalue weighted by Gasteiger charge is 2.20. The number of Topliss-reactive ketones (excluding diaryl/α,β-unsaturated/α-hetero) is 1. The number of ketones is 1. The van der Waals surface area contributed by atoms with Crippen LogP contribution in [0.3, 0.4) is 0 Å². The number of carbonyl (C=O) groups is 1. The molecule has 0 radical (unpaired) electrons. The molecule has 1 rings (SSSR count). The minimum absolute atomic E-state index is 0.235. The molecule has 60 valence electrons. The second kappa shape index (κ2) is 3.23. The second-order valence-corrected chi connectivity index (χ2v) is 2.49. The standard InChI is InChI=1S/C8H10O3/c9-4-6-2-1-3-7(5-10)8(6)11/h4-5,9-10H,1-3H2/b6-4+,7-5?. The van der Waals surface area contributed by atoms with Gasteiger partial charge in [-0.2, -0.15) is 0 Å². The van der Waals surface area contributed by atoms with Crippen LogP contribution in [0, 0.1) is 0 Å². The highest BCUT2D eigenvalue weighted by atomic mass is 16.2. The van der Waals surface area contributed by atoms with Gasteiger partial charge in [-0.15, -0.1) is 0 Å². The topological polar surface area (TPSA) is 57.5 Å². The molecule has 0 aromatic heterocycles. The van der Waals surface area contributed by atoms with Crippen molar-refractivity contribution in [2.24, 2.45) is 0 Å². The van der Waals surface area contributed by atoms with Gasteiger partial charge in [0, 0.05) is 11.1 Å². The Bertz CT molecular complexity index is 203. The molecule has 11 heavy (non-hydrogen) atoms. The molecule has 3 heteroatoms. The molecule has 0 amide bonds. The van der Waals surface area contributed by atoms with E-state index in [4.69, 9.17) is 10.2 Å². The van der Waals surface area contributed by atoms with Crippen molar-refractivity contribution in [1.82, 2.24) is 0 Å². The fourth-order valence-corrected chi connectivity index (χ4v) is 1.15. The molecule has 1 fully saturated rings. The van der Waals surface area contributed by atoms with Crippen molar-refractivity contribution < 1.29 is 15.0 Å². The maximum Gasteiger partial charge on any atom is 0.191 e. The lowest BCUT2D eigenvalue weighted by Crippen LogP contribution is -2.12. The van der Waals surface area contributed by atoms with E-state index in [0.29, 0.717) is 24.0 Å². The Labute approximate surface area is 64.7 Å². The molecule has 0 atom stereocenters. The lowest BCUT2D eigenvalue weighted by atomic mass is 9.90. The number of rotatable bonds is 0. The van der Waals surface area contributed by atoms with Gasteiger partial charge in [-0.1, -0.05) is 0 Å². The van der Waals surface area contributed by atoms with Crippen LogP contribution in [-0.4, -0.2) is 16.0 Å². The van der Waals surface area contributed by atoms with Crippen molar-refractivity contribution >= 4 is 5.78 Å². The lowest BCUT2D eigenvalue weighted by molar-refractivity contribution is -0.113. The van der Waals surface area contributed by atoms with Crippen LogP contribution in [0.4, 0.5) is 0 Å². The Hall–Kier alpha value is -1.25.